The van der Waals surface area contributed by atoms with Gasteiger partial charge in [-0.3, -0.25) is 4.98 Å². The molecule has 0 N–H and O–H groups in total. The minimum Gasteiger partial charge on any atom is -0.465 e. The van der Waals surface area contributed by atoms with Gasteiger partial charge in [0.15, 0.2) is 0 Å². The maximum Gasteiger partial charge on any atom is 0.337 e. The van der Waals surface area contributed by atoms with Crippen molar-refractivity contribution in [2.75, 3.05) is 7.11 Å². The summed E-state index contributed by atoms with van der Waals surface area (Å²) in [6, 6.07) is 9.50. The number of aromatic nitrogens is 1. The Morgan fingerprint density at radius 2 is 2.00 bits per heavy atom. The minimum atomic E-state index is -0.329. The van der Waals surface area contributed by atoms with Crippen LogP contribution in [0.25, 0.3) is 21.5 Å². The fourth-order valence-corrected chi connectivity index (χ4v) is 2.80. The van der Waals surface area contributed by atoms with Crippen LogP contribution in [0.1, 0.15) is 10.4 Å². The Bertz CT molecular complexity index is 799. The lowest BCUT2D eigenvalue weighted by atomic mass is 10.0. The lowest BCUT2D eigenvalue weighted by Gasteiger charge is -2.07. The van der Waals surface area contributed by atoms with Crippen molar-refractivity contribution in [1.29, 1.82) is 0 Å². The van der Waals surface area contributed by atoms with Crippen molar-refractivity contribution in [2.45, 2.75) is 0 Å². The molecule has 3 rings (SSSR count). The van der Waals surface area contributed by atoms with Gasteiger partial charge < -0.3 is 4.74 Å². The van der Waals surface area contributed by atoms with Crippen molar-refractivity contribution >= 4 is 43.4 Å². The number of esters is 1. The molecule has 19 heavy (non-hydrogen) atoms. The number of carbonyl (C=O) groups is 1. The van der Waals surface area contributed by atoms with E-state index in [0.29, 0.717) is 5.56 Å². The van der Waals surface area contributed by atoms with Gasteiger partial charge in [-0.1, -0.05) is 22.0 Å². The number of halogens is 1. The summed E-state index contributed by atoms with van der Waals surface area (Å²) < 4.78 is 5.73. The molecule has 1 heterocycles. The Morgan fingerprint density at radius 1 is 1.16 bits per heavy atom. The second kappa shape index (κ2) is 4.63. The third kappa shape index (κ3) is 1.98. The first-order valence-electron chi connectivity index (χ1n) is 5.75. The monoisotopic (exact) mass is 315 g/mol. The van der Waals surface area contributed by atoms with Crippen LogP contribution in [0.2, 0.25) is 0 Å². The number of benzene rings is 2. The molecule has 0 saturated carbocycles. The SMILES string of the molecule is COC(=O)c1ccc2c(c1)cc(Br)c1ccncc12. The maximum atomic E-state index is 11.6. The van der Waals surface area contributed by atoms with Crippen LogP contribution in [0.4, 0.5) is 0 Å². The first-order chi connectivity index (χ1) is 9.20. The van der Waals surface area contributed by atoms with Gasteiger partial charge in [0.2, 0.25) is 0 Å². The van der Waals surface area contributed by atoms with Gasteiger partial charge in [0.05, 0.1) is 12.7 Å². The van der Waals surface area contributed by atoms with Crippen molar-refractivity contribution < 1.29 is 9.53 Å². The van der Waals surface area contributed by atoms with Crippen molar-refractivity contribution in [3.8, 4) is 0 Å². The molecule has 1 aromatic heterocycles. The number of pyridine rings is 1. The standard InChI is InChI=1S/C15H10BrNO2/c1-19-15(18)9-2-3-11-10(6-9)7-14(16)12-4-5-17-8-13(11)12/h2-8H,1H3. The molecule has 0 fully saturated rings. The Kier molecular flexibility index (Phi) is 2.95. The third-order valence-electron chi connectivity index (χ3n) is 3.12. The fourth-order valence-electron chi connectivity index (χ4n) is 2.20. The van der Waals surface area contributed by atoms with Crippen molar-refractivity contribution in [2.24, 2.45) is 0 Å². The summed E-state index contributed by atoms with van der Waals surface area (Å²) in [5.74, 6) is -0.329. The smallest absolute Gasteiger partial charge is 0.337 e. The first kappa shape index (κ1) is 12.1. The zero-order valence-corrected chi connectivity index (χ0v) is 11.8. The predicted molar refractivity (Wildman–Crippen MR) is 78.3 cm³/mol. The lowest BCUT2D eigenvalue weighted by molar-refractivity contribution is 0.0601. The van der Waals surface area contributed by atoms with E-state index in [1.54, 1.807) is 12.3 Å². The number of carbonyl (C=O) groups excluding carboxylic acids is 1. The van der Waals surface area contributed by atoms with E-state index >= 15 is 0 Å². The number of rotatable bonds is 1. The quantitative estimate of drug-likeness (QED) is 0.504. The molecule has 2 aromatic carbocycles. The zero-order valence-electron chi connectivity index (χ0n) is 10.2. The number of methoxy groups -OCH3 is 1. The van der Waals surface area contributed by atoms with Crippen LogP contribution in [-0.4, -0.2) is 18.1 Å². The molecule has 0 saturated heterocycles. The molecule has 3 nitrogen and oxygen atoms in total. The van der Waals surface area contributed by atoms with Gasteiger partial charge in [-0.15, -0.1) is 0 Å². The van der Waals surface area contributed by atoms with Gasteiger partial charge in [0.25, 0.3) is 0 Å². The number of fused-ring (bicyclic) bond motifs is 3. The molecule has 0 radical (unpaired) electrons. The van der Waals surface area contributed by atoms with Crippen LogP contribution >= 0.6 is 15.9 Å². The molecule has 0 spiro atoms. The maximum absolute atomic E-state index is 11.6. The Balaban J connectivity index is 2.37. The molecule has 0 amide bonds. The lowest BCUT2D eigenvalue weighted by Crippen LogP contribution is -2.00. The van der Waals surface area contributed by atoms with Crippen LogP contribution in [0, 0.1) is 0 Å². The first-order valence-corrected chi connectivity index (χ1v) is 6.54. The molecule has 3 aromatic rings. The van der Waals surface area contributed by atoms with E-state index in [-0.39, 0.29) is 5.97 Å². The Labute approximate surface area is 118 Å². The Hall–Kier alpha value is -1.94. The zero-order chi connectivity index (χ0) is 13.4. The van der Waals surface area contributed by atoms with Gasteiger partial charge in [-0.05, 0) is 40.4 Å². The normalized spacial score (nSPS) is 10.8. The molecular weight excluding hydrogens is 306 g/mol. The van der Waals surface area contributed by atoms with E-state index in [2.05, 4.69) is 20.9 Å². The van der Waals surface area contributed by atoms with Gasteiger partial charge in [0, 0.05) is 22.3 Å². The summed E-state index contributed by atoms with van der Waals surface area (Å²) in [6.07, 6.45) is 3.60. The number of ether oxygens (including phenoxy) is 1. The van der Waals surface area contributed by atoms with Crippen molar-refractivity contribution in [1.82, 2.24) is 4.98 Å². The summed E-state index contributed by atoms with van der Waals surface area (Å²) in [4.78, 5) is 15.7. The van der Waals surface area contributed by atoms with Crippen LogP contribution in [-0.2, 0) is 4.74 Å². The second-order valence-electron chi connectivity index (χ2n) is 4.21. The summed E-state index contributed by atoms with van der Waals surface area (Å²) in [7, 11) is 1.38. The molecule has 0 aliphatic carbocycles. The van der Waals surface area contributed by atoms with E-state index in [9.17, 15) is 4.79 Å². The minimum absolute atomic E-state index is 0.329. The van der Waals surface area contributed by atoms with Gasteiger partial charge >= 0.3 is 5.97 Å². The van der Waals surface area contributed by atoms with Crippen LogP contribution < -0.4 is 0 Å². The third-order valence-corrected chi connectivity index (χ3v) is 3.78. The summed E-state index contributed by atoms with van der Waals surface area (Å²) in [5.41, 5.74) is 0.546. The van der Waals surface area contributed by atoms with E-state index in [4.69, 9.17) is 4.74 Å². The fraction of sp³-hybridized carbons (Fsp3) is 0.0667. The molecular formula is C15H10BrNO2. The molecule has 0 unspecified atom stereocenters. The van der Waals surface area contributed by atoms with Crippen LogP contribution in [0.3, 0.4) is 0 Å². The van der Waals surface area contributed by atoms with Gasteiger partial charge in [-0.2, -0.15) is 0 Å². The highest BCUT2D eigenvalue weighted by atomic mass is 79.9. The molecule has 94 valence electrons. The summed E-state index contributed by atoms with van der Waals surface area (Å²) in [5, 5.41) is 4.21. The highest BCUT2D eigenvalue weighted by Gasteiger charge is 2.09. The second-order valence-corrected chi connectivity index (χ2v) is 5.06. The summed E-state index contributed by atoms with van der Waals surface area (Å²) >= 11 is 3.55. The number of nitrogens with zero attached hydrogens (tertiary/aromatic N) is 1. The predicted octanol–water partition coefficient (Wildman–Crippen LogP) is 3.94. The average Bonchev–Trinajstić information content (AvgIpc) is 2.46. The van der Waals surface area contributed by atoms with E-state index in [0.717, 1.165) is 26.0 Å². The number of hydrogen-bond acceptors (Lipinski definition) is 3. The van der Waals surface area contributed by atoms with Crippen molar-refractivity contribution in [3.63, 3.8) is 0 Å². The Morgan fingerprint density at radius 3 is 2.79 bits per heavy atom. The van der Waals surface area contributed by atoms with E-state index in [1.165, 1.54) is 7.11 Å². The van der Waals surface area contributed by atoms with Crippen LogP contribution in [0.15, 0.2) is 47.2 Å². The van der Waals surface area contributed by atoms with Crippen molar-refractivity contribution in [3.05, 3.63) is 52.8 Å². The topological polar surface area (TPSA) is 39.2 Å². The number of hydrogen-bond donors (Lipinski definition) is 0. The van der Waals surface area contributed by atoms with Crippen LogP contribution in [0.5, 0.6) is 0 Å². The highest BCUT2D eigenvalue weighted by Crippen LogP contribution is 2.31. The summed E-state index contributed by atoms with van der Waals surface area (Å²) in [6.45, 7) is 0. The average molecular weight is 316 g/mol. The van der Waals surface area contributed by atoms with E-state index in [1.807, 2.05) is 30.5 Å². The molecule has 0 atom stereocenters. The van der Waals surface area contributed by atoms with E-state index < -0.39 is 0 Å². The molecule has 0 bridgehead atoms. The molecule has 0 aliphatic heterocycles. The molecule has 0 aliphatic rings. The highest BCUT2D eigenvalue weighted by molar-refractivity contribution is 9.10. The molecule has 4 heteroatoms. The van der Waals surface area contributed by atoms with Gasteiger partial charge in [0.1, 0.15) is 0 Å². The largest absolute Gasteiger partial charge is 0.465 e. The van der Waals surface area contributed by atoms with Gasteiger partial charge in [-0.25, -0.2) is 4.79 Å².